The normalized spacial score (nSPS) is 8.10. The highest BCUT2D eigenvalue weighted by atomic mass is 16.5. The predicted octanol–water partition coefficient (Wildman–Crippen LogP) is -0.314. The van der Waals surface area contributed by atoms with Crippen LogP contribution < -0.4 is 0 Å². The first-order valence-electron chi connectivity index (χ1n) is 2.29. The van der Waals surface area contributed by atoms with Gasteiger partial charge in [-0.3, -0.25) is 0 Å². The minimum Gasteiger partial charge on any atom is -0.503 e. The van der Waals surface area contributed by atoms with Gasteiger partial charge < -0.3 is 14.9 Å². The van der Waals surface area contributed by atoms with Crippen molar-refractivity contribution in [3.8, 4) is 0 Å². The smallest absolute Gasteiger partial charge is 0.346 e. The van der Waals surface area contributed by atoms with Gasteiger partial charge in [-0.25, -0.2) is 9.59 Å². The van der Waals surface area contributed by atoms with Crippen molar-refractivity contribution < 1.29 is 24.5 Å². The number of aliphatic carboxylic acids is 2. The lowest BCUT2D eigenvalue weighted by atomic mass is 10.3. The van der Waals surface area contributed by atoms with Crippen LogP contribution in [0.5, 0.6) is 0 Å². The van der Waals surface area contributed by atoms with Crippen molar-refractivity contribution in [2.24, 2.45) is 0 Å². The van der Waals surface area contributed by atoms with Crippen LogP contribution >= 0.6 is 0 Å². The van der Waals surface area contributed by atoms with Crippen LogP contribution in [-0.2, 0) is 14.3 Å². The molecule has 10 heavy (non-hydrogen) atoms. The Labute approximate surface area is 56.5 Å². The molecule has 0 aromatic rings. The number of rotatable bonds is 3. The van der Waals surface area contributed by atoms with E-state index in [9.17, 15) is 9.59 Å². The van der Waals surface area contributed by atoms with E-state index in [2.05, 4.69) is 4.74 Å². The maximum absolute atomic E-state index is 10.0. The topological polar surface area (TPSA) is 83.8 Å². The quantitative estimate of drug-likeness (QED) is 0.247. The molecule has 0 aliphatic carbocycles. The second kappa shape index (κ2) is 3.49. The molecule has 0 aromatic heterocycles. The highest BCUT2D eigenvalue weighted by molar-refractivity contribution is 6.12. The van der Waals surface area contributed by atoms with E-state index in [1.165, 1.54) is 7.11 Å². The zero-order valence-corrected chi connectivity index (χ0v) is 5.20. The highest BCUT2D eigenvalue weighted by Gasteiger charge is 2.15. The summed E-state index contributed by atoms with van der Waals surface area (Å²) in [5.74, 6) is -3.04. The van der Waals surface area contributed by atoms with Gasteiger partial charge in [-0.15, -0.1) is 0 Å². The van der Waals surface area contributed by atoms with Crippen molar-refractivity contribution >= 4 is 11.9 Å². The Balaban J connectivity index is 4.42. The third-order valence-electron chi connectivity index (χ3n) is 0.697. The van der Waals surface area contributed by atoms with Crippen molar-refractivity contribution in [2.45, 2.75) is 0 Å². The van der Waals surface area contributed by atoms with Gasteiger partial charge in [0.2, 0.25) is 0 Å². The van der Waals surface area contributed by atoms with E-state index < -0.39 is 17.5 Å². The first-order valence-corrected chi connectivity index (χ1v) is 2.29. The van der Waals surface area contributed by atoms with Gasteiger partial charge in [0.25, 0.3) is 0 Å². The molecule has 0 aliphatic rings. The highest BCUT2D eigenvalue weighted by Crippen LogP contribution is 1.93. The van der Waals surface area contributed by atoms with Crippen molar-refractivity contribution in [2.75, 3.05) is 7.11 Å². The molecular formula is C5H6O5. The second-order valence-corrected chi connectivity index (χ2v) is 1.38. The number of methoxy groups -OCH3 is 1. The molecule has 0 amide bonds. The fourth-order valence-electron chi connectivity index (χ4n) is 0.310. The van der Waals surface area contributed by atoms with Crippen molar-refractivity contribution in [1.82, 2.24) is 0 Å². The van der Waals surface area contributed by atoms with Crippen LogP contribution in [0.1, 0.15) is 0 Å². The van der Waals surface area contributed by atoms with Gasteiger partial charge in [-0.05, 0) is 0 Å². The monoisotopic (exact) mass is 146 g/mol. The first kappa shape index (κ1) is 8.48. The number of carboxylic acids is 2. The Morgan fingerprint density at radius 2 is 1.70 bits per heavy atom. The van der Waals surface area contributed by atoms with E-state index >= 15 is 0 Å². The van der Waals surface area contributed by atoms with Crippen molar-refractivity contribution in [3.63, 3.8) is 0 Å². The molecule has 0 aliphatic heterocycles. The first-order chi connectivity index (χ1) is 4.59. The summed E-state index contributed by atoms with van der Waals surface area (Å²) in [5.41, 5.74) is -0.789. The van der Waals surface area contributed by atoms with Crippen LogP contribution in [0.2, 0.25) is 0 Å². The van der Waals surface area contributed by atoms with E-state index in [-0.39, 0.29) is 0 Å². The van der Waals surface area contributed by atoms with Gasteiger partial charge in [-0.2, -0.15) is 0 Å². The fraction of sp³-hybridized carbons (Fsp3) is 0.200. The maximum atomic E-state index is 10.0. The predicted molar refractivity (Wildman–Crippen MR) is 30.4 cm³/mol. The van der Waals surface area contributed by atoms with E-state index in [4.69, 9.17) is 10.2 Å². The van der Waals surface area contributed by atoms with Crippen LogP contribution in [-0.4, -0.2) is 29.3 Å². The molecular weight excluding hydrogens is 140 g/mol. The Kier molecular flexibility index (Phi) is 2.96. The van der Waals surface area contributed by atoms with Crippen LogP contribution in [0.25, 0.3) is 0 Å². The number of carboxylic acid groups (broad SMARTS) is 2. The van der Waals surface area contributed by atoms with Gasteiger partial charge in [0, 0.05) is 0 Å². The molecule has 0 unspecified atom stereocenters. The van der Waals surface area contributed by atoms with E-state index in [0.717, 1.165) is 0 Å². The molecule has 0 heterocycles. The van der Waals surface area contributed by atoms with Gasteiger partial charge in [0.15, 0.2) is 5.57 Å². The molecule has 0 bridgehead atoms. The number of hydrogen-bond donors (Lipinski definition) is 2. The Morgan fingerprint density at radius 1 is 1.30 bits per heavy atom. The number of carbonyl (C=O) groups is 2. The average Bonchev–Trinajstić information content (AvgIpc) is 1.81. The van der Waals surface area contributed by atoms with Crippen LogP contribution in [0, 0.1) is 0 Å². The van der Waals surface area contributed by atoms with Crippen molar-refractivity contribution in [3.05, 3.63) is 11.8 Å². The van der Waals surface area contributed by atoms with Gasteiger partial charge in [-0.1, -0.05) is 0 Å². The van der Waals surface area contributed by atoms with Gasteiger partial charge in [0.05, 0.1) is 7.11 Å². The molecule has 5 nitrogen and oxygen atoms in total. The molecule has 0 rings (SSSR count). The van der Waals surface area contributed by atoms with E-state index in [1.807, 2.05) is 0 Å². The average molecular weight is 146 g/mol. The lowest BCUT2D eigenvalue weighted by molar-refractivity contribution is -0.140. The second-order valence-electron chi connectivity index (χ2n) is 1.38. The molecule has 0 spiro atoms. The lowest BCUT2D eigenvalue weighted by Crippen LogP contribution is -2.11. The third-order valence-corrected chi connectivity index (χ3v) is 0.697. The summed E-state index contributed by atoms with van der Waals surface area (Å²) in [4.78, 5) is 20.0. The molecule has 0 aromatic carbocycles. The van der Waals surface area contributed by atoms with Crippen LogP contribution in [0.3, 0.4) is 0 Å². The molecule has 0 fully saturated rings. The zero-order chi connectivity index (χ0) is 8.15. The number of hydrogen-bond acceptors (Lipinski definition) is 3. The fourth-order valence-corrected chi connectivity index (χ4v) is 0.310. The standard InChI is InChI=1S/C5H6O5/c1-10-2-3(4(6)7)5(8)9/h2H,1H3,(H,6,7)(H,8,9). The van der Waals surface area contributed by atoms with E-state index in [0.29, 0.717) is 6.26 Å². The third kappa shape index (κ3) is 2.17. The summed E-state index contributed by atoms with van der Waals surface area (Å²) in [7, 11) is 1.17. The van der Waals surface area contributed by atoms with Gasteiger partial charge >= 0.3 is 11.9 Å². The van der Waals surface area contributed by atoms with Gasteiger partial charge in [0.1, 0.15) is 6.26 Å². The Bertz CT molecular complexity index is 164. The van der Waals surface area contributed by atoms with Crippen LogP contribution in [0.15, 0.2) is 11.8 Å². The molecule has 2 N–H and O–H groups in total. The molecule has 5 heteroatoms. The molecule has 0 atom stereocenters. The Morgan fingerprint density at radius 3 is 1.80 bits per heavy atom. The summed E-state index contributed by atoms with van der Waals surface area (Å²) in [6.07, 6.45) is 0.657. The SMILES string of the molecule is COC=C(C(=O)O)C(=O)O. The number of ether oxygens (including phenoxy) is 1. The minimum atomic E-state index is -1.52. The summed E-state index contributed by atoms with van der Waals surface area (Å²) < 4.78 is 4.20. The summed E-state index contributed by atoms with van der Waals surface area (Å²) >= 11 is 0. The lowest BCUT2D eigenvalue weighted by Gasteiger charge is -1.92. The zero-order valence-electron chi connectivity index (χ0n) is 5.20. The molecule has 0 radical (unpaired) electrons. The largest absolute Gasteiger partial charge is 0.503 e. The Hall–Kier alpha value is -1.52. The van der Waals surface area contributed by atoms with E-state index in [1.54, 1.807) is 0 Å². The molecule has 0 saturated carbocycles. The van der Waals surface area contributed by atoms with Crippen LogP contribution in [0.4, 0.5) is 0 Å². The maximum Gasteiger partial charge on any atom is 0.346 e. The summed E-state index contributed by atoms with van der Waals surface area (Å²) in [6, 6.07) is 0. The summed E-state index contributed by atoms with van der Waals surface area (Å²) in [5, 5.41) is 16.3. The minimum absolute atomic E-state index is 0.657. The van der Waals surface area contributed by atoms with Crippen molar-refractivity contribution in [1.29, 1.82) is 0 Å². The summed E-state index contributed by atoms with van der Waals surface area (Å²) in [6.45, 7) is 0. The molecule has 0 saturated heterocycles. The molecule has 56 valence electrons.